The highest BCUT2D eigenvalue weighted by Gasteiger charge is 2.19. The largest absolute Gasteiger partial charge is 0.393 e. The molecule has 1 rings (SSSR count). The van der Waals surface area contributed by atoms with Gasteiger partial charge >= 0.3 is 0 Å². The van der Waals surface area contributed by atoms with E-state index in [1.165, 1.54) is 12.5 Å². The maximum absolute atomic E-state index is 11.5. The molecule has 0 heterocycles. The summed E-state index contributed by atoms with van der Waals surface area (Å²) in [5.74, 6) is -0.0975. The van der Waals surface area contributed by atoms with Crippen molar-refractivity contribution in [2.45, 2.75) is 31.8 Å². The highest BCUT2D eigenvalue weighted by molar-refractivity contribution is 5.75. The van der Waals surface area contributed by atoms with Crippen molar-refractivity contribution < 1.29 is 15.0 Å². The summed E-state index contributed by atoms with van der Waals surface area (Å²) in [6.45, 7) is 1.20. The van der Waals surface area contributed by atoms with Crippen molar-refractivity contribution in [3.63, 3.8) is 0 Å². The van der Waals surface area contributed by atoms with Crippen molar-refractivity contribution in [3.05, 3.63) is 35.9 Å². The molecule has 1 aromatic carbocycles. The number of aliphatic hydroxyl groups is 2. The Morgan fingerprint density at radius 3 is 2.61 bits per heavy atom. The van der Waals surface area contributed by atoms with Gasteiger partial charge in [0.25, 0.3) is 0 Å². The van der Waals surface area contributed by atoms with Crippen LogP contribution in [0, 0.1) is 0 Å². The lowest BCUT2D eigenvalue weighted by atomic mass is 10.1. The molecule has 1 atom stereocenters. The molecule has 3 N–H and O–H groups in total. The van der Waals surface area contributed by atoms with Crippen LogP contribution in [0.25, 0.3) is 0 Å². The fraction of sp³-hybridized carbons (Fsp3) is 0.500. The number of carbonyl (C=O) groups excluding carboxylic acids is 1. The molecule has 0 spiro atoms. The summed E-state index contributed by atoms with van der Waals surface area (Å²) >= 11 is 0. The van der Waals surface area contributed by atoms with Crippen molar-refractivity contribution in [1.29, 1.82) is 0 Å². The van der Waals surface area contributed by atoms with Gasteiger partial charge in [0, 0.05) is 13.0 Å². The fourth-order valence-electron chi connectivity index (χ4n) is 1.53. The van der Waals surface area contributed by atoms with Crippen molar-refractivity contribution in [2.24, 2.45) is 0 Å². The first-order valence-corrected chi connectivity index (χ1v) is 6.17. The van der Waals surface area contributed by atoms with Crippen LogP contribution in [0.4, 0.5) is 0 Å². The lowest BCUT2D eigenvalue weighted by Crippen LogP contribution is -2.43. The maximum atomic E-state index is 11.5. The van der Waals surface area contributed by atoms with Gasteiger partial charge in [-0.25, -0.2) is 0 Å². The quantitative estimate of drug-likeness (QED) is 0.673. The predicted molar refractivity (Wildman–Crippen MR) is 70.1 cm³/mol. The van der Waals surface area contributed by atoms with Crippen LogP contribution in [0.5, 0.6) is 0 Å². The van der Waals surface area contributed by atoms with Gasteiger partial charge < -0.3 is 15.5 Å². The van der Waals surface area contributed by atoms with E-state index in [1.54, 1.807) is 0 Å². The summed E-state index contributed by atoms with van der Waals surface area (Å²) in [6.07, 6.45) is 2.07. The van der Waals surface area contributed by atoms with E-state index in [9.17, 15) is 9.90 Å². The number of aryl methyl sites for hydroxylation is 1. The second-order valence-corrected chi connectivity index (χ2v) is 4.77. The highest BCUT2D eigenvalue weighted by atomic mass is 16.3. The molecule has 4 heteroatoms. The third-order valence-corrected chi connectivity index (χ3v) is 2.72. The molecule has 0 aliphatic heterocycles. The van der Waals surface area contributed by atoms with E-state index in [1.807, 2.05) is 30.3 Å². The van der Waals surface area contributed by atoms with Crippen LogP contribution < -0.4 is 5.32 Å². The van der Waals surface area contributed by atoms with Gasteiger partial charge in [0.2, 0.25) is 5.91 Å². The normalized spacial score (nSPS) is 13.9. The number of nitrogens with one attached hydrogen (secondary N) is 1. The highest BCUT2D eigenvalue weighted by Crippen LogP contribution is 2.05. The van der Waals surface area contributed by atoms with Crippen LogP contribution in [0.15, 0.2) is 30.3 Å². The van der Waals surface area contributed by atoms with Gasteiger partial charge in [0.15, 0.2) is 0 Å². The third-order valence-electron chi connectivity index (χ3n) is 2.72. The van der Waals surface area contributed by atoms with Crippen LogP contribution in [-0.4, -0.2) is 34.9 Å². The molecule has 0 saturated carbocycles. The first-order chi connectivity index (χ1) is 8.53. The van der Waals surface area contributed by atoms with Crippen molar-refractivity contribution in [1.82, 2.24) is 5.32 Å². The SMILES string of the molecule is CC(O)(CO)CNC(=O)CCCc1ccccc1. The minimum atomic E-state index is -1.24. The number of aliphatic hydroxyl groups excluding tert-OH is 1. The number of hydrogen-bond acceptors (Lipinski definition) is 3. The Kier molecular flexibility index (Phi) is 5.82. The summed E-state index contributed by atoms with van der Waals surface area (Å²) in [5.41, 5.74) is -0.0256. The first kappa shape index (κ1) is 14.7. The Labute approximate surface area is 108 Å². The molecule has 18 heavy (non-hydrogen) atoms. The number of hydrogen-bond donors (Lipinski definition) is 3. The van der Waals surface area contributed by atoms with Gasteiger partial charge in [-0.1, -0.05) is 30.3 Å². The van der Waals surface area contributed by atoms with Crippen molar-refractivity contribution in [2.75, 3.05) is 13.2 Å². The average molecular weight is 251 g/mol. The van der Waals surface area contributed by atoms with Gasteiger partial charge in [-0.05, 0) is 25.3 Å². The summed E-state index contributed by atoms with van der Waals surface area (Å²) in [4.78, 5) is 11.5. The fourth-order valence-corrected chi connectivity index (χ4v) is 1.53. The molecular weight excluding hydrogens is 230 g/mol. The van der Waals surface area contributed by atoms with Crippen LogP contribution in [0.1, 0.15) is 25.3 Å². The van der Waals surface area contributed by atoms with Gasteiger partial charge in [-0.3, -0.25) is 4.79 Å². The van der Waals surface area contributed by atoms with Gasteiger partial charge in [-0.15, -0.1) is 0 Å². The molecule has 1 aromatic rings. The monoisotopic (exact) mass is 251 g/mol. The standard InChI is InChI=1S/C14H21NO3/c1-14(18,11-16)10-15-13(17)9-5-8-12-6-3-2-4-7-12/h2-4,6-7,16,18H,5,8-11H2,1H3,(H,15,17). The second-order valence-electron chi connectivity index (χ2n) is 4.77. The van der Waals surface area contributed by atoms with E-state index in [2.05, 4.69) is 5.32 Å². The molecule has 4 nitrogen and oxygen atoms in total. The van der Waals surface area contributed by atoms with Crippen LogP contribution >= 0.6 is 0 Å². The Morgan fingerprint density at radius 1 is 1.33 bits per heavy atom. The molecule has 0 radical (unpaired) electrons. The lowest BCUT2D eigenvalue weighted by molar-refractivity contribution is -0.122. The van der Waals surface area contributed by atoms with E-state index in [0.717, 1.165) is 12.8 Å². The zero-order valence-electron chi connectivity index (χ0n) is 10.7. The number of rotatable bonds is 7. The zero-order valence-corrected chi connectivity index (χ0v) is 10.7. The number of amides is 1. The molecular formula is C14H21NO3. The van der Waals surface area contributed by atoms with Gasteiger partial charge in [-0.2, -0.15) is 0 Å². The Balaban J connectivity index is 2.18. The summed E-state index contributed by atoms with van der Waals surface area (Å²) in [7, 11) is 0. The van der Waals surface area contributed by atoms with E-state index in [0.29, 0.717) is 6.42 Å². The van der Waals surface area contributed by atoms with Gasteiger partial charge in [0.1, 0.15) is 5.60 Å². The van der Waals surface area contributed by atoms with E-state index in [4.69, 9.17) is 5.11 Å². The topological polar surface area (TPSA) is 69.6 Å². The molecule has 1 amide bonds. The second kappa shape index (κ2) is 7.13. The first-order valence-electron chi connectivity index (χ1n) is 6.17. The Bertz CT molecular complexity index is 363. The van der Waals surface area contributed by atoms with Crippen LogP contribution in [-0.2, 0) is 11.2 Å². The molecule has 0 aliphatic rings. The minimum Gasteiger partial charge on any atom is -0.393 e. The molecule has 1 unspecified atom stereocenters. The van der Waals surface area contributed by atoms with Crippen LogP contribution in [0.3, 0.4) is 0 Å². The Hall–Kier alpha value is -1.39. The Morgan fingerprint density at radius 2 is 2.00 bits per heavy atom. The summed E-state index contributed by atoms with van der Waals surface area (Å²) < 4.78 is 0. The smallest absolute Gasteiger partial charge is 0.220 e. The molecule has 0 bridgehead atoms. The van der Waals surface area contributed by atoms with Crippen LogP contribution in [0.2, 0.25) is 0 Å². The van der Waals surface area contributed by atoms with E-state index in [-0.39, 0.29) is 19.1 Å². The molecule has 0 saturated heterocycles. The maximum Gasteiger partial charge on any atom is 0.220 e. The van der Waals surface area contributed by atoms with Crippen molar-refractivity contribution >= 4 is 5.91 Å². The molecule has 100 valence electrons. The summed E-state index contributed by atoms with van der Waals surface area (Å²) in [6, 6.07) is 10.00. The van der Waals surface area contributed by atoms with E-state index < -0.39 is 5.60 Å². The molecule has 0 aliphatic carbocycles. The molecule has 0 aromatic heterocycles. The third kappa shape index (κ3) is 5.80. The molecule has 0 fully saturated rings. The minimum absolute atomic E-state index is 0.0771. The van der Waals surface area contributed by atoms with E-state index >= 15 is 0 Å². The zero-order chi connectivity index (χ0) is 13.4. The number of carbonyl (C=O) groups is 1. The average Bonchev–Trinajstić information content (AvgIpc) is 2.38. The predicted octanol–water partition coefficient (Wildman–Crippen LogP) is 0.869. The van der Waals surface area contributed by atoms with Crippen molar-refractivity contribution in [3.8, 4) is 0 Å². The lowest BCUT2D eigenvalue weighted by Gasteiger charge is -2.20. The van der Waals surface area contributed by atoms with Gasteiger partial charge in [0.05, 0.1) is 6.61 Å². The summed E-state index contributed by atoms with van der Waals surface area (Å²) in [5, 5.41) is 21.0. The number of benzene rings is 1.